The van der Waals surface area contributed by atoms with E-state index in [0.29, 0.717) is 6.42 Å². The van der Waals surface area contributed by atoms with E-state index in [2.05, 4.69) is 17.4 Å². The van der Waals surface area contributed by atoms with Crippen LogP contribution in [0.1, 0.15) is 42.9 Å². The van der Waals surface area contributed by atoms with E-state index < -0.39 is 6.10 Å². The van der Waals surface area contributed by atoms with E-state index in [1.165, 1.54) is 29.5 Å². The zero-order chi connectivity index (χ0) is 22.3. The highest BCUT2D eigenvalue weighted by molar-refractivity contribution is 7.98. The first-order valence-corrected chi connectivity index (χ1v) is 12.5. The van der Waals surface area contributed by atoms with Gasteiger partial charge >= 0.3 is 0 Å². The molecule has 0 saturated carbocycles. The van der Waals surface area contributed by atoms with Gasteiger partial charge in [0.25, 0.3) is 5.91 Å². The van der Waals surface area contributed by atoms with Gasteiger partial charge in [-0.1, -0.05) is 48.9 Å². The number of para-hydroxylation sites is 1. The van der Waals surface area contributed by atoms with Crippen molar-refractivity contribution in [1.82, 2.24) is 0 Å². The maximum absolute atomic E-state index is 13.0. The van der Waals surface area contributed by atoms with E-state index in [1.807, 2.05) is 61.5 Å². The Morgan fingerprint density at radius 3 is 2.56 bits per heavy atom. The van der Waals surface area contributed by atoms with Crippen molar-refractivity contribution in [2.24, 2.45) is 0 Å². The fraction of sp³-hybridized carbons (Fsp3) is 0.296. The smallest absolute Gasteiger partial charge is 0.265 e. The van der Waals surface area contributed by atoms with E-state index in [-0.39, 0.29) is 5.91 Å². The highest BCUT2D eigenvalue weighted by atomic mass is 35.5. The molecule has 5 heteroatoms. The number of fused-ring (bicyclic) bond motifs is 1. The monoisotopic (exact) mass is 465 g/mol. The predicted octanol–water partition coefficient (Wildman–Crippen LogP) is 7.31. The van der Waals surface area contributed by atoms with E-state index in [0.717, 1.165) is 39.9 Å². The van der Waals surface area contributed by atoms with Gasteiger partial charge in [-0.15, -0.1) is 11.8 Å². The van der Waals surface area contributed by atoms with Crippen LogP contribution in [0.15, 0.2) is 71.6 Å². The average molecular weight is 466 g/mol. The number of rotatable bonds is 8. The van der Waals surface area contributed by atoms with Gasteiger partial charge in [0.2, 0.25) is 0 Å². The largest absolute Gasteiger partial charge is 0.481 e. The van der Waals surface area contributed by atoms with Crippen LogP contribution in [-0.4, -0.2) is 12.0 Å². The van der Waals surface area contributed by atoms with Gasteiger partial charge in [0.15, 0.2) is 6.10 Å². The van der Waals surface area contributed by atoms with E-state index in [4.69, 9.17) is 16.3 Å². The molecule has 3 nitrogen and oxygen atoms in total. The van der Waals surface area contributed by atoms with Crippen molar-refractivity contribution in [3.63, 3.8) is 0 Å². The molecule has 166 valence electrons. The minimum absolute atomic E-state index is 0.121. The first kappa shape index (κ1) is 22.8. The number of amides is 1. The van der Waals surface area contributed by atoms with Crippen molar-refractivity contribution in [3.8, 4) is 5.75 Å². The molecule has 1 aliphatic carbocycles. The second-order valence-corrected chi connectivity index (χ2v) is 9.51. The first-order valence-electron chi connectivity index (χ1n) is 11.2. The fourth-order valence-corrected chi connectivity index (χ4v) is 5.01. The molecule has 3 aromatic rings. The molecule has 0 fully saturated rings. The van der Waals surface area contributed by atoms with E-state index in [1.54, 1.807) is 11.8 Å². The number of carbonyl (C=O) groups excluding carboxylic acids is 1. The van der Waals surface area contributed by atoms with E-state index in [9.17, 15) is 4.79 Å². The molecule has 1 unspecified atom stereocenters. The third kappa shape index (κ3) is 5.87. The lowest BCUT2D eigenvalue weighted by Gasteiger charge is -2.21. The number of benzene rings is 3. The Morgan fingerprint density at radius 2 is 1.78 bits per heavy atom. The second-order valence-electron chi connectivity index (χ2n) is 8.05. The predicted molar refractivity (Wildman–Crippen MR) is 134 cm³/mol. The standard InChI is InChI=1S/C27H28ClNO2S/c1-2-25(31-23-16-13-20-7-3-4-8-21(20)17-23)27(30)29-24-9-5-6-10-26(24)32-18-19-11-14-22(28)15-12-19/h5-6,9-17,25H,2-4,7-8,18H2,1H3,(H,29,30). The number of aryl methyl sites for hydroxylation is 2. The Morgan fingerprint density at radius 1 is 1.03 bits per heavy atom. The number of hydrogen-bond donors (Lipinski definition) is 1. The SMILES string of the molecule is CCC(Oc1ccc2c(c1)CCCC2)C(=O)Nc1ccccc1SCc1ccc(Cl)cc1. The lowest BCUT2D eigenvalue weighted by molar-refractivity contribution is -0.122. The van der Waals surface area contributed by atoms with Crippen LogP contribution in [0.2, 0.25) is 5.02 Å². The molecule has 1 N–H and O–H groups in total. The maximum Gasteiger partial charge on any atom is 0.265 e. The van der Waals surface area contributed by atoms with E-state index >= 15 is 0 Å². The number of nitrogens with one attached hydrogen (secondary N) is 1. The summed E-state index contributed by atoms with van der Waals surface area (Å²) < 4.78 is 6.11. The second kappa shape index (κ2) is 10.9. The summed E-state index contributed by atoms with van der Waals surface area (Å²) in [7, 11) is 0. The summed E-state index contributed by atoms with van der Waals surface area (Å²) in [6.07, 6.45) is 4.77. The normalized spacial score (nSPS) is 13.8. The molecule has 32 heavy (non-hydrogen) atoms. The molecule has 0 heterocycles. The van der Waals surface area contributed by atoms with Crippen LogP contribution in [0, 0.1) is 0 Å². The van der Waals surface area contributed by atoms with Crippen LogP contribution < -0.4 is 10.1 Å². The molecule has 0 aromatic heterocycles. The van der Waals surface area contributed by atoms with Crippen LogP contribution >= 0.6 is 23.4 Å². The third-order valence-electron chi connectivity index (χ3n) is 5.71. The van der Waals surface area contributed by atoms with Gasteiger partial charge in [0, 0.05) is 15.7 Å². The molecule has 4 rings (SSSR count). The first-order chi connectivity index (χ1) is 15.6. The highest BCUT2D eigenvalue weighted by Gasteiger charge is 2.20. The van der Waals surface area contributed by atoms with Gasteiger partial charge in [0.1, 0.15) is 5.75 Å². The van der Waals surface area contributed by atoms with Gasteiger partial charge in [-0.05, 0) is 85.2 Å². The minimum Gasteiger partial charge on any atom is -0.481 e. The average Bonchev–Trinajstić information content (AvgIpc) is 2.83. The molecular weight excluding hydrogens is 438 g/mol. The zero-order valence-electron chi connectivity index (χ0n) is 18.3. The number of ether oxygens (including phenoxy) is 1. The quantitative estimate of drug-likeness (QED) is 0.354. The summed E-state index contributed by atoms with van der Waals surface area (Å²) in [4.78, 5) is 14.1. The Hall–Kier alpha value is -2.43. The van der Waals surface area contributed by atoms with Crippen molar-refractivity contribution in [1.29, 1.82) is 0 Å². The summed E-state index contributed by atoms with van der Waals surface area (Å²) in [5.74, 6) is 1.45. The highest BCUT2D eigenvalue weighted by Crippen LogP contribution is 2.31. The minimum atomic E-state index is -0.536. The molecule has 0 radical (unpaired) electrons. The van der Waals surface area contributed by atoms with Crippen molar-refractivity contribution < 1.29 is 9.53 Å². The van der Waals surface area contributed by atoms with Crippen LogP contribution in [0.3, 0.4) is 0 Å². The van der Waals surface area contributed by atoms with Crippen molar-refractivity contribution >= 4 is 35.0 Å². The summed E-state index contributed by atoms with van der Waals surface area (Å²) in [5.41, 5.74) is 4.76. The van der Waals surface area contributed by atoms with Gasteiger partial charge in [0.05, 0.1) is 5.69 Å². The number of anilines is 1. The van der Waals surface area contributed by atoms with Crippen LogP contribution in [-0.2, 0) is 23.4 Å². The van der Waals surface area contributed by atoms with Gasteiger partial charge < -0.3 is 10.1 Å². The topological polar surface area (TPSA) is 38.3 Å². The molecule has 0 spiro atoms. The summed E-state index contributed by atoms with van der Waals surface area (Å²) in [6.45, 7) is 1.98. The summed E-state index contributed by atoms with van der Waals surface area (Å²) >= 11 is 7.67. The molecule has 0 saturated heterocycles. The van der Waals surface area contributed by atoms with Crippen molar-refractivity contribution in [3.05, 3.63) is 88.4 Å². The van der Waals surface area contributed by atoms with Crippen LogP contribution in [0.25, 0.3) is 0 Å². The van der Waals surface area contributed by atoms with Gasteiger partial charge in [-0.3, -0.25) is 4.79 Å². The molecule has 1 aliphatic rings. The Balaban J connectivity index is 1.41. The number of hydrogen-bond acceptors (Lipinski definition) is 3. The van der Waals surface area contributed by atoms with Crippen molar-refractivity contribution in [2.75, 3.05) is 5.32 Å². The number of halogens is 1. The molecule has 1 amide bonds. The van der Waals surface area contributed by atoms with Crippen LogP contribution in [0.4, 0.5) is 5.69 Å². The molecule has 1 atom stereocenters. The number of carbonyl (C=O) groups is 1. The van der Waals surface area contributed by atoms with Gasteiger partial charge in [-0.2, -0.15) is 0 Å². The van der Waals surface area contributed by atoms with Crippen LogP contribution in [0.5, 0.6) is 5.75 Å². The maximum atomic E-state index is 13.0. The summed E-state index contributed by atoms with van der Waals surface area (Å²) in [5, 5.41) is 3.82. The Labute approximate surface area is 199 Å². The lowest BCUT2D eigenvalue weighted by atomic mass is 9.92. The van der Waals surface area contributed by atoms with Crippen molar-refractivity contribution in [2.45, 2.75) is 55.8 Å². The number of thioether (sulfide) groups is 1. The molecular formula is C27H28ClNO2S. The molecule has 3 aromatic carbocycles. The molecule has 0 aliphatic heterocycles. The summed E-state index contributed by atoms with van der Waals surface area (Å²) in [6, 6.07) is 22.0. The Bertz CT molecular complexity index is 1070. The van der Waals surface area contributed by atoms with Gasteiger partial charge in [-0.25, -0.2) is 0 Å². The lowest BCUT2D eigenvalue weighted by Crippen LogP contribution is -2.32. The zero-order valence-corrected chi connectivity index (χ0v) is 19.8. The third-order valence-corrected chi connectivity index (χ3v) is 7.11. The molecule has 0 bridgehead atoms. The fourth-order valence-electron chi connectivity index (χ4n) is 3.92. The Kier molecular flexibility index (Phi) is 7.77.